The first-order valence-corrected chi connectivity index (χ1v) is 10.4. The Labute approximate surface area is 173 Å². The van der Waals surface area contributed by atoms with Crippen LogP contribution in [0.5, 0.6) is 0 Å². The van der Waals surface area contributed by atoms with Crippen molar-refractivity contribution in [1.82, 2.24) is 9.55 Å². The molecule has 28 heavy (non-hydrogen) atoms. The van der Waals surface area contributed by atoms with Gasteiger partial charge in [-0.25, -0.2) is 4.98 Å². The minimum absolute atomic E-state index is 0.0152. The number of carbonyl (C=O) groups excluding carboxylic acids is 1. The Morgan fingerprint density at radius 2 is 1.61 bits per heavy atom. The Hall–Kier alpha value is -2.37. The molecule has 0 fully saturated rings. The van der Waals surface area contributed by atoms with Gasteiger partial charge in [0.05, 0.1) is 0 Å². The van der Waals surface area contributed by atoms with E-state index >= 15 is 0 Å². The molecule has 6 heteroatoms. The van der Waals surface area contributed by atoms with Crippen molar-refractivity contribution >= 4 is 29.1 Å². The molecule has 0 bridgehead atoms. The molecule has 1 aromatic heterocycles. The third kappa shape index (κ3) is 4.37. The highest BCUT2D eigenvalue weighted by atomic mass is 35.5. The highest BCUT2D eigenvalue weighted by Gasteiger charge is 2.12. The van der Waals surface area contributed by atoms with Gasteiger partial charge < -0.3 is 0 Å². The smallest absolute Gasteiger partial charge is 0.257 e. The number of hydrogen-bond donors (Lipinski definition) is 0. The van der Waals surface area contributed by atoms with E-state index in [1.165, 1.54) is 11.8 Å². The van der Waals surface area contributed by atoms with Crippen molar-refractivity contribution in [2.24, 2.45) is 0 Å². The summed E-state index contributed by atoms with van der Waals surface area (Å²) in [6.07, 6.45) is 0. The number of thioether (sulfide) groups is 1. The van der Waals surface area contributed by atoms with Gasteiger partial charge in [0.2, 0.25) is 0 Å². The third-order valence-electron chi connectivity index (χ3n) is 4.61. The van der Waals surface area contributed by atoms with Gasteiger partial charge in [0.15, 0.2) is 10.9 Å². The minimum atomic E-state index is -0.0356. The predicted molar refractivity (Wildman–Crippen MR) is 115 cm³/mol. The second-order valence-electron chi connectivity index (χ2n) is 6.48. The summed E-state index contributed by atoms with van der Waals surface area (Å²) in [5.74, 6) is 0.635. The average molecular weight is 413 g/mol. The van der Waals surface area contributed by atoms with Crippen molar-refractivity contribution in [1.29, 1.82) is 0 Å². The van der Waals surface area contributed by atoms with Crippen LogP contribution in [0.25, 0.3) is 0 Å². The normalized spacial score (nSPS) is 10.9. The molecule has 0 amide bonds. The van der Waals surface area contributed by atoms with E-state index in [0.29, 0.717) is 34.0 Å². The fourth-order valence-corrected chi connectivity index (χ4v) is 3.97. The van der Waals surface area contributed by atoms with Crippen LogP contribution in [0.15, 0.2) is 58.5 Å². The van der Waals surface area contributed by atoms with Crippen molar-refractivity contribution < 1.29 is 4.79 Å². The van der Waals surface area contributed by atoms with Crippen LogP contribution < -0.4 is 5.56 Å². The average Bonchev–Trinajstić information content (AvgIpc) is 2.71. The second-order valence-corrected chi connectivity index (χ2v) is 7.85. The van der Waals surface area contributed by atoms with Gasteiger partial charge in [-0.15, -0.1) is 0 Å². The molecule has 0 saturated carbocycles. The minimum Gasteiger partial charge on any atom is -0.289 e. The van der Waals surface area contributed by atoms with Crippen LogP contribution in [-0.2, 0) is 12.3 Å². The zero-order chi connectivity index (χ0) is 20.3. The molecule has 3 aromatic rings. The van der Waals surface area contributed by atoms with Gasteiger partial charge in [0.25, 0.3) is 5.56 Å². The Bertz CT molecular complexity index is 1060. The summed E-state index contributed by atoms with van der Waals surface area (Å²) >= 11 is 7.40. The number of halogens is 1. The lowest BCUT2D eigenvalue weighted by Crippen LogP contribution is -2.25. The molecule has 0 unspecified atom stereocenters. The first-order valence-electron chi connectivity index (χ1n) is 9.00. The Morgan fingerprint density at radius 3 is 2.18 bits per heavy atom. The zero-order valence-electron chi connectivity index (χ0n) is 16.0. The van der Waals surface area contributed by atoms with Crippen molar-refractivity contribution in [3.05, 3.63) is 91.9 Å². The Kier molecular flexibility index (Phi) is 6.37. The fraction of sp³-hybridized carbons (Fsp3) is 0.227. The van der Waals surface area contributed by atoms with Gasteiger partial charge in [-0.05, 0) is 50.6 Å². The van der Waals surface area contributed by atoms with E-state index in [2.05, 4.69) is 4.98 Å². The van der Waals surface area contributed by atoms with Crippen LogP contribution >= 0.6 is 23.4 Å². The zero-order valence-corrected chi connectivity index (χ0v) is 17.6. The molecule has 0 atom stereocenters. The summed E-state index contributed by atoms with van der Waals surface area (Å²) in [6, 6.07) is 14.4. The van der Waals surface area contributed by atoms with E-state index in [4.69, 9.17) is 11.6 Å². The monoisotopic (exact) mass is 412 g/mol. The molecule has 0 aliphatic carbocycles. The molecule has 0 N–H and O–H groups in total. The predicted octanol–water partition coefficient (Wildman–Crippen LogP) is 5.06. The van der Waals surface area contributed by atoms with Gasteiger partial charge in [0, 0.05) is 39.7 Å². The third-order valence-corrected chi connectivity index (χ3v) is 5.91. The summed E-state index contributed by atoms with van der Waals surface area (Å²) in [5, 5.41) is 1.33. The Balaban J connectivity index is 1.74. The van der Waals surface area contributed by atoms with Gasteiger partial charge in [-0.1, -0.05) is 47.6 Å². The van der Waals surface area contributed by atoms with Gasteiger partial charge in [-0.2, -0.15) is 0 Å². The number of nitrogens with zero attached hydrogens (tertiary/aromatic N) is 2. The highest BCUT2D eigenvalue weighted by Crippen LogP contribution is 2.22. The summed E-state index contributed by atoms with van der Waals surface area (Å²) in [4.78, 5) is 29.5. The summed E-state index contributed by atoms with van der Waals surface area (Å²) in [5.41, 5.74) is 3.77. The molecule has 0 radical (unpaired) electrons. The maximum absolute atomic E-state index is 12.5. The van der Waals surface area contributed by atoms with Crippen molar-refractivity contribution in [2.75, 3.05) is 0 Å². The van der Waals surface area contributed by atoms with Crippen molar-refractivity contribution in [3.63, 3.8) is 0 Å². The van der Waals surface area contributed by atoms with Crippen LogP contribution in [-0.4, -0.2) is 15.3 Å². The quantitative estimate of drug-likeness (QED) is 0.322. The topological polar surface area (TPSA) is 52.0 Å². The van der Waals surface area contributed by atoms with Gasteiger partial charge in [-0.3, -0.25) is 14.2 Å². The van der Waals surface area contributed by atoms with Crippen molar-refractivity contribution in [3.8, 4) is 0 Å². The molecule has 0 saturated heterocycles. The molecule has 2 aromatic carbocycles. The first kappa shape index (κ1) is 20.4. The number of aromatic nitrogens is 2. The summed E-state index contributed by atoms with van der Waals surface area (Å²) in [7, 11) is 0. The lowest BCUT2D eigenvalue weighted by atomic mass is 10.0. The molecular weight excluding hydrogens is 392 g/mol. The number of benzene rings is 2. The van der Waals surface area contributed by atoms with Crippen LogP contribution in [0, 0.1) is 13.8 Å². The van der Waals surface area contributed by atoms with Gasteiger partial charge in [0.1, 0.15) is 0 Å². The van der Waals surface area contributed by atoms with E-state index in [1.807, 2.05) is 45.0 Å². The molecule has 4 nitrogen and oxygen atoms in total. The van der Waals surface area contributed by atoms with E-state index in [9.17, 15) is 9.59 Å². The number of carbonyl (C=O) groups is 1. The van der Waals surface area contributed by atoms with Crippen LogP contribution in [0.3, 0.4) is 0 Å². The second kappa shape index (κ2) is 8.76. The highest BCUT2D eigenvalue weighted by molar-refractivity contribution is 7.98. The maximum Gasteiger partial charge on any atom is 0.257 e. The molecule has 0 spiro atoms. The van der Waals surface area contributed by atoms with Gasteiger partial charge >= 0.3 is 0 Å². The van der Waals surface area contributed by atoms with Crippen LogP contribution in [0.1, 0.15) is 39.7 Å². The van der Waals surface area contributed by atoms with Crippen molar-refractivity contribution in [2.45, 2.75) is 38.2 Å². The lowest BCUT2D eigenvalue weighted by molar-refractivity contribution is 0.103. The molecule has 0 aliphatic rings. The number of rotatable bonds is 6. The molecular formula is C22H21ClN2O2S. The SMILES string of the molecule is CCn1c(SCc2ccc(C(=O)c3ccc(Cl)cc3)cc2)nc(C)c(C)c1=O. The first-order chi connectivity index (χ1) is 13.4. The summed E-state index contributed by atoms with van der Waals surface area (Å²) in [6.45, 7) is 6.20. The summed E-state index contributed by atoms with van der Waals surface area (Å²) < 4.78 is 1.70. The number of ketones is 1. The molecule has 144 valence electrons. The molecule has 1 heterocycles. The van der Waals surface area contributed by atoms with E-state index in [1.54, 1.807) is 28.8 Å². The maximum atomic E-state index is 12.5. The van der Waals surface area contributed by atoms with E-state index in [-0.39, 0.29) is 11.3 Å². The number of aryl methyl sites for hydroxylation is 1. The van der Waals surface area contributed by atoms with E-state index < -0.39 is 0 Å². The van der Waals surface area contributed by atoms with E-state index in [0.717, 1.165) is 16.4 Å². The fourth-order valence-electron chi connectivity index (χ4n) is 2.79. The number of hydrogen-bond acceptors (Lipinski definition) is 4. The Morgan fingerprint density at radius 1 is 1.04 bits per heavy atom. The molecule has 0 aliphatic heterocycles. The molecule has 3 rings (SSSR count). The lowest BCUT2D eigenvalue weighted by Gasteiger charge is -2.12. The van der Waals surface area contributed by atoms with Crippen LogP contribution in [0.4, 0.5) is 0 Å². The largest absolute Gasteiger partial charge is 0.289 e. The standard InChI is InChI=1S/C22H21ClN2O2S/c1-4-25-21(27)14(2)15(3)24-22(25)28-13-16-5-7-17(8-6-16)20(26)18-9-11-19(23)12-10-18/h5-12H,4,13H2,1-3H3. The van der Waals surface area contributed by atoms with Crippen LogP contribution in [0.2, 0.25) is 5.02 Å².